The average Bonchev–Trinajstić information content (AvgIpc) is 3.18. The molecule has 0 bridgehead atoms. The number of amides is 3. The van der Waals surface area contributed by atoms with E-state index in [4.69, 9.17) is 10.5 Å². The van der Waals surface area contributed by atoms with Gasteiger partial charge in [-0.25, -0.2) is 0 Å². The number of unbranched alkanes of at least 4 members (excludes halogenated alkanes) is 1. The van der Waals surface area contributed by atoms with Gasteiger partial charge in [-0.2, -0.15) is 0 Å². The number of carbonyl (C=O) groups excluding carboxylic acids is 3. The zero-order chi connectivity index (χ0) is 33.6. The van der Waals surface area contributed by atoms with Crippen molar-refractivity contribution in [3.8, 4) is 28.0 Å². The molecule has 0 saturated heterocycles. The van der Waals surface area contributed by atoms with E-state index >= 15 is 0 Å². The first-order valence-electron chi connectivity index (χ1n) is 17.2. The maximum absolute atomic E-state index is 14.8. The van der Waals surface area contributed by atoms with E-state index < -0.39 is 23.8 Å². The van der Waals surface area contributed by atoms with E-state index in [2.05, 4.69) is 24.4 Å². The third-order valence-corrected chi connectivity index (χ3v) is 10.1. The van der Waals surface area contributed by atoms with Gasteiger partial charge in [-0.3, -0.25) is 14.4 Å². The quantitative estimate of drug-likeness (QED) is 0.155. The van der Waals surface area contributed by atoms with Gasteiger partial charge in [0.05, 0.1) is 19.3 Å². The molecular formula is C41H45N3O4. The molecule has 1 aliphatic heterocycles. The van der Waals surface area contributed by atoms with Crippen LogP contribution in [0.25, 0.3) is 22.3 Å². The van der Waals surface area contributed by atoms with Crippen molar-refractivity contribution < 1.29 is 19.1 Å². The zero-order valence-electron chi connectivity index (χ0n) is 27.9. The van der Waals surface area contributed by atoms with Gasteiger partial charge in [0.2, 0.25) is 11.8 Å². The van der Waals surface area contributed by atoms with Crippen LogP contribution < -0.4 is 20.7 Å². The highest BCUT2D eigenvalue weighted by atomic mass is 16.5. The van der Waals surface area contributed by atoms with Crippen LogP contribution in [-0.4, -0.2) is 24.8 Å². The van der Waals surface area contributed by atoms with Gasteiger partial charge in [-0.1, -0.05) is 112 Å². The first kappa shape index (κ1) is 33.0. The molecule has 3 N–H and O–H groups in total. The lowest BCUT2D eigenvalue weighted by atomic mass is 9.73. The number of nitrogens with one attached hydrogen (secondary N) is 1. The van der Waals surface area contributed by atoms with E-state index in [9.17, 15) is 14.4 Å². The Bertz CT molecular complexity index is 1760. The van der Waals surface area contributed by atoms with Crippen molar-refractivity contribution in [1.82, 2.24) is 5.32 Å². The summed E-state index contributed by atoms with van der Waals surface area (Å²) in [5, 5.41) is 3.18. The summed E-state index contributed by atoms with van der Waals surface area (Å²) >= 11 is 0. The Labute approximate surface area is 283 Å². The summed E-state index contributed by atoms with van der Waals surface area (Å²) in [4.78, 5) is 43.7. The Morgan fingerprint density at radius 1 is 0.896 bits per heavy atom. The molecule has 1 fully saturated rings. The number of ether oxygens (including phenoxy) is 1. The largest absolute Gasteiger partial charge is 0.497 e. The van der Waals surface area contributed by atoms with Gasteiger partial charge in [-0.15, -0.1) is 0 Å². The number of benzene rings is 4. The number of hydrogen-bond donors (Lipinski definition) is 2. The lowest BCUT2D eigenvalue weighted by Gasteiger charge is -2.33. The highest BCUT2D eigenvalue weighted by Crippen LogP contribution is 2.42. The third kappa shape index (κ3) is 7.01. The second-order valence-electron chi connectivity index (χ2n) is 13.2. The first-order valence-corrected chi connectivity index (χ1v) is 17.2. The van der Waals surface area contributed by atoms with Crippen LogP contribution in [0.4, 0.5) is 5.69 Å². The molecule has 1 saturated carbocycles. The summed E-state index contributed by atoms with van der Waals surface area (Å²) < 4.78 is 5.34. The van der Waals surface area contributed by atoms with Crippen molar-refractivity contribution in [3.63, 3.8) is 0 Å². The van der Waals surface area contributed by atoms with Crippen molar-refractivity contribution in [1.29, 1.82) is 0 Å². The van der Waals surface area contributed by atoms with Crippen molar-refractivity contribution in [2.24, 2.45) is 23.5 Å². The second-order valence-corrected chi connectivity index (χ2v) is 13.2. The molecule has 3 atom stereocenters. The molecule has 0 radical (unpaired) electrons. The molecule has 4 aromatic carbocycles. The van der Waals surface area contributed by atoms with Crippen LogP contribution in [0.2, 0.25) is 0 Å². The minimum absolute atomic E-state index is 0.220. The molecule has 48 heavy (non-hydrogen) atoms. The van der Waals surface area contributed by atoms with E-state index in [-0.39, 0.29) is 11.8 Å². The van der Waals surface area contributed by atoms with Crippen molar-refractivity contribution in [2.45, 2.75) is 64.5 Å². The Balaban J connectivity index is 1.36. The molecule has 2 aliphatic rings. The van der Waals surface area contributed by atoms with E-state index in [0.29, 0.717) is 25.3 Å². The number of primary amides is 1. The van der Waals surface area contributed by atoms with E-state index in [1.165, 1.54) is 0 Å². The fraction of sp³-hybridized carbons (Fsp3) is 0.341. The van der Waals surface area contributed by atoms with E-state index in [1.54, 1.807) is 12.0 Å². The summed E-state index contributed by atoms with van der Waals surface area (Å²) in [7, 11) is 1.65. The molecule has 1 heterocycles. The number of nitrogens with zero attached hydrogens (tertiary/aromatic N) is 1. The summed E-state index contributed by atoms with van der Waals surface area (Å²) in [5.74, 6) is -0.919. The second kappa shape index (κ2) is 14.9. The number of anilines is 1. The Morgan fingerprint density at radius 3 is 2.31 bits per heavy atom. The molecule has 7 heteroatoms. The predicted molar refractivity (Wildman–Crippen MR) is 190 cm³/mol. The van der Waals surface area contributed by atoms with Crippen LogP contribution in [0.1, 0.15) is 69.0 Å². The average molecular weight is 644 g/mol. The van der Waals surface area contributed by atoms with Crippen LogP contribution in [-0.2, 0) is 20.9 Å². The predicted octanol–water partition coefficient (Wildman–Crippen LogP) is 7.83. The minimum atomic E-state index is -0.936. The number of carbonyl (C=O) groups is 3. The Morgan fingerprint density at radius 2 is 1.62 bits per heavy atom. The fourth-order valence-corrected chi connectivity index (χ4v) is 7.21. The van der Waals surface area contributed by atoms with Gasteiger partial charge in [0, 0.05) is 17.4 Å². The smallest absolute Gasteiger partial charge is 0.254 e. The summed E-state index contributed by atoms with van der Waals surface area (Å²) in [5.41, 5.74) is 12.3. The highest BCUT2D eigenvalue weighted by molar-refractivity contribution is 6.06. The summed E-state index contributed by atoms with van der Waals surface area (Å²) in [6.07, 6.45) is 6.12. The molecule has 3 unspecified atom stereocenters. The molecule has 3 amide bonds. The van der Waals surface area contributed by atoms with Gasteiger partial charge in [0.1, 0.15) is 11.8 Å². The van der Waals surface area contributed by atoms with Crippen molar-refractivity contribution >= 4 is 23.4 Å². The Kier molecular flexibility index (Phi) is 10.2. The van der Waals surface area contributed by atoms with Crippen molar-refractivity contribution in [3.05, 3.63) is 108 Å². The fourth-order valence-electron chi connectivity index (χ4n) is 7.21. The standard InChI is InChI=1S/C41H45N3O4/c1-3-4-15-35(39(42)45)36(25-27-11-9-12-27)40(46)43-38-34-18-6-5-16-32(34)33-17-7-8-19-37(33)44(41(38)47)26-28-13-10-14-30(24-28)29-20-22-31(48-2)23-21-29/h5-8,10,13-14,16-24,27,35-36,38H,3-4,9,11-12,15,25-26H2,1-2H3,(H2,42,45)(H,43,46). The van der Waals surface area contributed by atoms with Crippen LogP contribution in [0.3, 0.4) is 0 Å². The number of para-hydroxylation sites is 1. The molecule has 0 aromatic heterocycles. The maximum Gasteiger partial charge on any atom is 0.254 e. The molecule has 248 valence electrons. The Hall–Kier alpha value is -4.91. The van der Waals surface area contributed by atoms with Gasteiger partial charge < -0.3 is 20.7 Å². The van der Waals surface area contributed by atoms with Crippen LogP contribution in [0, 0.1) is 17.8 Å². The number of rotatable bonds is 13. The van der Waals surface area contributed by atoms with Gasteiger partial charge in [0.25, 0.3) is 5.91 Å². The molecule has 1 aliphatic carbocycles. The minimum Gasteiger partial charge on any atom is -0.497 e. The SMILES string of the molecule is CCCCC(C(N)=O)C(CC1CCC1)C(=O)NC1C(=O)N(Cc2cccc(-c3ccc(OC)cc3)c2)c2ccccc2-c2ccccc21. The highest BCUT2D eigenvalue weighted by Gasteiger charge is 2.40. The number of methoxy groups -OCH3 is 1. The van der Waals surface area contributed by atoms with Crippen LogP contribution in [0.5, 0.6) is 5.75 Å². The molecule has 6 rings (SSSR count). The number of hydrogen-bond acceptors (Lipinski definition) is 4. The molecule has 7 nitrogen and oxygen atoms in total. The monoisotopic (exact) mass is 643 g/mol. The van der Waals surface area contributed by atoms with Gasteiger partial charge in [-0.05, 0) is 70.8 Å². The van der Waals surface area contributed by atoms with Gasteiger partial charge in [0.15, 0.2) is 0 Å². The zero-order valence-corrected chi connectivity index (χ0v) is 27.9. The van der Waals surface area contributed by atoms with E-state index in [1.807, 2.05) is 84.9 Å². The summed E-state index contributed by atoms with van der Waals surface area (Å²) in [6.45, 7) is 2.38. The molecular weight excluding hydrogens is 598 g/mol. The first-order chi connectivity index (χ1) is 23.4. The number of fused-ring (bicyclic) bond motifs is 3. The third-order valence-electron chi connectivity index (χ3n) is 10.1. The lowest BCUT2D eigenvalue weighted by molar-refractivity contribution is -0.136. The van der Waals surface area contributed by atoms with Crippen LogP contribution >= 0.6 is 0 Å². The maximum atomic E-state index is 14.8. The van der Waals surface area contributed by atoms with E-state index in [0.717, 1.165) is 76.9 Å². The lowest BCUT2D eigenvalue weighted by Crippen LogP contribution is -2.47. The number of nitrogens with two attached hydrogens (primary N) is 1. The van der Waals surface area contributed by atoms with Gasteiger partial charge >= 0.3 is 0 Å². The topological polar surface area (TPSA) is 102 Å². The van der Waals surface area contributed by atoms with Crippen molar-refractivity contribution in [2.75, 3.05) is 12.0 Å². The molecule has 4 aromatic rings. The normalized spacial score (nSPS) is 16.9. The van der Waals surface area contributed by atoms with Crippen LogP contribution in [0.15, 0.2) is 97.1 Å². The summed E-state index contributed by atoms with van der Waals surface area (Å²) in [6, 6.07) is 30.9. The molecule has 0 spiro atoms.